The Morgan fingerprint density at radius 1 is 1.07 bits per heavy atom. The fourth-order valence-corrected chi connectivity index (χ4v) is 4.83. The smallest absolute Gasteiger partial charge is 0.411 e. The number of fused-ring (bicyclic) bond motifs is 1. The van der Waals surface area contributed by atoms with Crippen LogP contribution < -0.4 is 26.1 Å². The van der Waals surface area contributed by atoms with Crippen LogP contribution in [-0.2, 0) is 14.3 Å². The summed E-state index contributed by atoms with van der Waals surface area (Å²) in [6, 6.07) is 3.97. The van der Waals surface area contributed by atoms with Crippen LogP contribution in [0.4, 0.5) is 10.6 Å². The van der Waals surface area contributed by atoms with Gasteiger partial charge in [-0.1, -0.05) is 11.8 Å². The van der Waals surface area contributed by atoms with Gasteiger partial charge in [-0.2, -0.15) is 0 Å². The number of methoxy groups -OCH3 is 2. The second-order valence-corrected chi connectivity index (χ2v) is 11.6. The number of amides is 3. The Morgan fingerprint density at radius 2 is 1.75 bits per heavy atom. The van der Waals surface area contributed by atoms with E-state index in [9.17, 15) is 14.4 Å². The molecule has 0 bridgehead atoms. The molecule has 14 heteroatoms. The third-order valence-electron chi connectivity index (χ3n) is 6.72. The van der Waals surface area contributed by atoms with Crippen molar-refractivity contribution in [2.45, 2.75) is 44.9 Å². The summed E-state index contributed by atoms with van der Waals surface area (Å²) in [7, 11) is 6.59. The highest BCUT2D eigenvalue weighted by molar-refractivity contribution is 5.93. The lowest BCUT2D eigenvalue weighted by atomic mass is 10.1. The van der Waals surface area contributed by atoms with Gasteiger partial charge in [-0.25, -0.2) is 14.8 Å². The summed E-state index contributed by atoms with van der Waals surface area (Å²) < 4.78 is 18.2. The maximum atomic E-state index is 13.3. The van der Waals surface area contributed by atoms with Crippen molar-refractivity contribution in [3.63, 3.8) is 0 Å². The van der Waals surface area contributed by atoms with E-state index in [4.69, 9.17) is 19.9 Å². The maximum Gasteiger partial charge on any atom is 0.411 e. The summed E-state index contributed by atoms with van der Waals surface area (Å²) in [5, 5.41) is 0.544. The minimum atomic E-state index is -0.940. The summed E-state index contributed by atoms with van der Waals surface area (Å²) in [6.45, 7) is 5.45. The van der Waals surface area contributed by atoms with Gasteiger partial charge in [0.15, 0.2) is 0 Å². The van der Waals surface area contributed by atoms with Crippen LogP contribution in [0.3, 0.4) is 0 Å². The fraction of sp³-hybridized carbons (Fsp3) is 0.433. The van der Waals surface area contributed by atoms with E-state index in [-0.39, 0.29) is 25.3 Å². The third-order valence-corrected chi connectivity index (χ3v) is 6.72. The summed E-state index contributed by atoms with van der Waals surface area (Å²) in [6.07, 6.45) is 2.69. The Labute approximate surface area is 255 Å². The van der Waals surface area contributed by atoms with E-state index in [1.165, 1.54) is 11.2 Å². The van der Waals surface area contributed by atoms with E-state index in [0.717, 1.165) is 0 Å². The van der Waals surface area contributed by atoms with E-state index in [0.29, 0.717) is 33.7 Å². The van der Waals surface area contributed by atoms with Gasteiger partial charge in [0.2, 0.25) is 0 Å². The molecule has 0 spiro atoms. The average Bonchev–Trinajstić information content (AvgIpc) is 3.56. The number of ether oxygens (including phenoxy) is 3. The van der Waals surface area contributed by atoms with Gasteiger partial charge in [-0.15, -0.1) is 0 Å². The van der Waals surface area contributed by atoms with Gasteiger partial charge in [0.05, 0.1) is 37.8 Å². The van der Waals surface area contributed by atoms with Crippen LogP contribution in [0.25, 0.3) is 11.0 Å². The van der Waals surface area contributed by atoms with Crippen molar-refractivity contribution in [3.05, 3.63) is 41.9 Å². The zero-order valence-corrected chi connectivity index (χ0v) is 25.9. The quantitative estimate of drug-likeness (QED) is 0.278. The fourth-order valence-electron chi connectivity index (χ4n) is 4.83. The van der Waals surface area contributed by atoms with Crippen LogP contribution in [0, 0.1) is 11.8 Å². The molecule has 3 heterocycles. The van der Waals surface area contributed by atoms with Crippen molar-refractivity contribution in [2.75, 3.05) is 47.1 Å². The van der Waals surface area contributed by atoms with Crippen LogP contribution in [0.5, 0.6) is 11.5 Å². The minimum Gasteiger partial charge on any atom is -0.497 e. The Kier molecular flexibility index (Phi) is 9.49. The number of likely N-dealkylation sites (N-methyl/N-ethyl adjacent to an activating group) is 1. The number of hydrogen-bond donors (Lipinski definition) is 3. The number of rotatable bonds is 6. The number of benzene rings is 1. The maximum absolute atomic E-state index is 13.3. The van der Waals surface area contributed by atoms with E-state index >= 15 is 0 Å². The Bertz CT molecular complexity index is 1590. The van der Waals surface area contributed by atoms with Gasteiger partial charge in [-0.3, -0.25) is 25.3 Å². The van der Waals surface area contributed by atoms with E-state index in [2.05, 4.69) is 32.7 Å². The molecule has 4 N–H and O–H groups in total. The molecule has 3 amide bonds. The Balaban J connectivity index is 1.69. The van der Waals surface area contributed by atoms with Gasteiger partial charge in [-0.05, 0) is 53.4 Å². The summed E-state index contributed by atoms with van der Waals surface area (Å²) in [4.78, 5) is 50.3. The molecule has 1 aliphatic heterocycles. The Hall–Kier alpha value is -5.03. The van der Waals surface area contributed by atoms with Gasteiger partial charge < -0.3 is 29.4 Å². The molecule has 0 saturated carbocycles. The van der Waals surface area contributed by atoms with Crippen molar-refractivity contribution in [2.24, 2.45) is 0 Å². The monoisotopic (exact) mass is 606 g/mol. The van der Waals surface area contributed by atoms with Crippen LogP contribution in [0.15, 0.2) is 30.7 Å². The number of nitrogens with zero attached hydrogens (tertiary/aromatic N) is 5. The number of aromatic nitrogens is 3. The molecule has 234 valence electrons. The molecule has 2 atom stereocenters. The normalized spacial score (nSPS) is 16.3. The lowest BCUT2D eigenvalue weighted by Gasteiger charge is -2.28. The van der Waals surface area contributed by atoms with Crippen molar-refractivity contribution in [1.82, 2.24) is 35.2 Å². The summed E-state index contributed by atoms with van der Waals surface area (Å²) >= 11 is 0. The van der Waals surface area contributed by atoms with Crippen LogP contribution in [-0.4, -0.2) is 95.3 Å². The number of nitrogen functional groups attached to an aromatic ring is 1. The number of nitrogens with two attached hydrogens (primary N) is 1. The number of carbonyl (C=O) groups excluding carboxylic acids is 3. The molecule has 44 heavy (non-hydrogen) atoms. The van der Waals surface area contributed by atoms with Crippen LogP contribution >= 0.6 is 0 Å². The number of likely N-dealkylation sites (tertiary alicyclic amines) is 1. The lowest BCUT2D eigenvalue weighted by Crippen LogP contribution is -2.53. The van der Waals surface area contributed by atoms with Crippen molar-refractivity contribution >= 4 is 34.8 Å². The highest BCUT2D eigenvalue weighted by atomic mass is 16.6. The molecule has 1 aromatic carbocycles. The molecule has 0 radical (unpaired) electrons. The number of hydrazine groups is 1. The van der Waals surface area contributed by atoms with E-state index < -0.39 is 35.6 Å². The van der Waals surface area contributed by atoms with Gasteiger partial charge in [0.25, 0.3) is 11.8 Å². The number of anilines is 1. The molecule has 0 aliphatic carbocycles. The van der Waals surface area contributed by atoms with E-state index in [1.807, 2.05) is 4.57 Å². The first-order chi connectivity index (χ1) is 20.8. The third kappa shape index (κ3) is 7.48. The molecule has 1 saturated heterocycles. The van der Waals surface area contributed by atoms with Crippen molar-refractivity contribution in [3.8, 4) is 23.3 Å². The second kappa shape index (κ2) is 13.1. The predicted molar refractivity (Wildman–Crippen MR) is 163 cm³/mol. The molecule has 4 rings (SSSR count). The van der Waals surface area contributed by atoms with Gasteiger partial charge in [0.1, 0.15) is 40.9 Å². The second-order valence-electron chi connectivity index (χ2n) is 11.6. The van der Waals surface area contributed by atoms with Crippen LogP contribution in [0.2, 0.25) is 0 Å². The number of carbonyl (C=O) groups is 3. The molecular formula is C30H38N8O6. The predicted octanol–water partition coefficient (Wildman–Crippen LogP) is 1.69. The molecule has 14 nitrogen and oxygen atoms in total. The number of nitrogens with one attached hydrogen (secondary N) is 2. The molecule has 0 unspecified atom stereocenters. The summed E-state index contributed by atoms with van der Waals surface area (Å²) in [5.41, 5.74) is 12.1. The average molecular weight is 607 g/mol. The molecule has 2 aromatic heterocycles. The highest BCUT2D eigenvalue weighted by Crippen LogP contribution is 2.34. The zero-order valence-electron chi connectivity index (χ0n) is 25.9. The van der Waals surface area contributed by atoms with Gasteiger partial charge in [0, 0.05) is 24.4 Å². The first-order valence-electron chi connectivity index (χ1n) is 13.9. The van der Waals surface area contributed by atoms with Gasteiger partial charge >= 0.3 is 6.09 Å². The largest absolute Gasteiger partial charge is 0.497 e. The van der Waals surface area contributed by atoms with E-state index in [1.54, 1.807) is 78.4 Å². The first-order valence-corrected chi connectivity index (χ1v) is 13.9. The zero-order chi connectivity index (χ0) is 32.2. The van der Waals surface area contributed by atoms with Crippen molar-refractivity contribution < 1.29 is 28.6 Å². The standard InChI is InChI=1S/C30H38N8O6/c1-30(2,3)44-29(41)38-15-20(12-23(38)28(40)35-34-24(39)16-36(4)5)37-14-19(25-26(31)32-17-33-27(25)37)9-8-18-10-21(42-6)13-22(11-18)43-7/h10-11,13-14,17,20,23H,12,15-16H2,1-7H3,(H,34,39)(H,35,40)(H2,31,32,33)/t20-,23-/m0/s1. The summed E-state index contributed by atoms with van der Waals surface area (Å²) in [5.74, 6) is 6.76. The SMILES string of the molecule is COc1cc(C#Cc2cn([C@H]3C[C@@H](C(=O)NNC(=O)CN(C)C)N(C(=O)OC(C)(C)C)C3)c3ncnc(N)c23)cc(OC)c1. The Morgan fingerprint density at radius 3 is 2.36 bits per heavy atom. The van der Waals surface area contributed by atoms with Crippen molar-refractivity contribution in [1.29, 1.82) is 0 Å². The van der Waals surface area contributed by atoms with Crippen LogP contribution in [0.1, 0.15) is 44.4 Å². The minimum absolute atomic E-state index is 0.0756. The molecule has 1 aliphatic rings. The molecule has 1 fully saturated rings. The topological polar surface area (TPSA) is 166 Å². The number of hydrogen-bond acceptors (Lipinski definition) is 10. The highest BCUT2D eigenvalue weighted by Gasteiger charge is 2.43. The molecule has 3 aromatic rings. The molecular weight excluding hydrogens is 568 g/mol. The lowest BCUT2D eigenvalue weighted by molar-refractivity contribution is -0.131. The first kappa shape index (κ1) is 31.9.